The van der Waals surface area contributed by atoms with Gasteiger partial charge in [-0.05, 0) is 56.3 Å². The minimum Gasteiger partial charge on any atom is -0.339 e. The molecule has 4 atom stereocenters. The van der Waals surface area contributed by atoms with Gasteiger partial charge in [-0.2, -0.15) is 0 Å². The molecule has 0 aromatic heterocycles. The average molecular weight is 264 g/mol. The summed E-state index contributed by atoms with van der Waals surface area (Å²) in [5, 5.41) is 0. The minimum atomic E-state index is 0.145. The Morgan fingerprint density at radius 2 is 1.89 bits per heavy atom. The zero-order chi connectivity index (χ0) is 13.6. The number of hydrogen-bond acceptors (Lipinski definition) is 2. The fourth-order valence-electron chi connectivity index (χ4n) is 4.15. The fourth-order valence-corrected chi connectivity index (χ4v) is 4.15. The first-order valence-electron chi connectivity index (χ1n) is 8.14. The summed E-state index contributed by atoms with van der Waals surface area (Å²) in [6.07, 6.45) is 7.24. The Morgan fingerprint density at radius 1 is 1.21 bits per heavy atom. The Balaban J connectivity index is 1.66. The van der Waals surface area contributed by atoms with Crippen LogP contribution in [0.3, 0.4) is 0 Å². The smallest absolute Gasteiger partial charge is 0.227 e. The van der Waals surface area contributed by atoms with Crippen LogP contribution in [-0.4, -0.2) is 29.4 Å². The highest BCUT2D eigenvalue weighted by atomic mass is 16.2. The van der Waals surface area contributed by atoms with Gasteiger partial charge in [0.25, 0.3) is 0 Å². The van der Waals surface area contributed by atoms with Crippen molar-refractivity contribution in [2.24, 2.45) is 29.4 Å². The molecule has 3 aliphatic rings. The van der Waals surface area contributed by atoms with Crippen molar-refractivity contribution in [2.45, 2.75) is 64.5 Å². The predicted octanol–water partition coefficient (Wildman–Crippen LogP) is 2.40. The highest BCUT2D eigenvalue weighted by Gasteiger charge is 2.51. The summed E-state index contributed by atoms with van der Waals surface area (Å²) in [6.45, 7) is 5.42. The van der Waals surface area contributed by atoms with Crippen molar-refractivity contribution in [3.05, 3.63) is 0 Å². The quantitative estimate of drug-likeness (QED) is 0.829. The van der Waals surface area contributed by atoms with E-state index >= 15 is 0 Å². The molecule has 0 heterocycles. The summed E-state index contributed by atoms with van der Waals surface area (Å²) in [7, 11) is 0. The van der Waals surface area contributed by atoms with Crippen LogP contribution in [0.2, 0.25) is 0 Å². The Morgan fingerprint density at radius 3 is 2.42 bits per heavy atom. The molecule has 0 aliphatic heterocycles. The highest BCUT2D eigenvalue weighted by molar-refractivity contribution is 5.81. The molecular weight excluding hydrogens is 236 g/mol. The van der Waals surface area contributed by atoms with Crippen molar-refractivity contribution in [1.29, 1.82) is 0 Å². The maximum absolute atomic E-state index is 12.9. The Hall–Kier alpha value is -0.570. The molecule has 3 aliphatic carbocycles. The second-order valence-electron chi connectivity index (χ2n) is 7.38. The van der Waals surface area contributed by atoms with E-state index in [0.29, 0.717) is 29.7 Å². The van der Waals surface area contributed by atoms with Crippen molar-refractivity contribution in [2.75, 3.05) is 6.54 Å². The molecule has 3 saturated carbocycles. The first-order valence-corrected chi connectivity index (χ1v) is 8.14. The zero-order valence-electron chi connectivity index (χ0n) is 12.3. The lowest BCUT2D eigenvalue weighted by Crippen LogP contribution is -2.48. The van der Waals surface area contributed by atoms with Crippen LogP contribution < -0.4 is 5.73 Å². The predicted molar refractivity (Wildman–Crippen MR) is 76.5 cm³/mol. The largest absolute Gasteiger partial charge is 0.339 e. The molecule has 2 bridgehead atoms. The number of nitrogens with zero attached hydrogens (tertiary/aromatic N) is 1. The van der Waals surface area contributed by atoms with E-state index in [4.69, 9.17) is 5.73 Å². The number of carbonyl (C=O) groups excluding carboxylic acids is 1. The van der Waals surface area contributed by atoms with Gasteiger partial charge < -0.3 is 10.6 Å². The van der Waals surface area contributed by atoms with E-state index < -0.39 is 0 Å². The van der Waals surface area contributed by atoms with Crippen molar-refractivity contribution in [3.8, 4) is 0 Å². The summed E-state index contributed by atoms with van der Waals surface area (Å²) in [5.41, 5.74) is 6.33. The van der Waals surface area contributed by atoms with Crippen molar-refractivity contribution >= 4 is 5.91 Å². The van der Waals surface area contributed by atoms with Gasteiger partial charge in [-0.1, -0.05) is 13.8 Å². The standard InChI is InChI=1S/C16H28N2O/c1-10(2)7-8-18(13-5-6-13)16(19)14-11-3-4-12(9-11)15(14)17/h10-15H,3-9,17H2,1-2H3. The van der Waals surface area contributed by atoms with E-state index in [9.17, 15) is 4.79 Å². The Bertz CT molecular complexity index is 349. The Kier molecular flexibility index (Phi) is 3.59. The molecule has 3 nitrogen and oxygen atoms in total. The van der Waals surface area contributed by atoms with Crippen molar-refractivity contribution in [1.82, 2.24) is 4.90 Å². The SMILES string of the molecule is CC(C)CCN(C(=O)C1C2CCC(C2)C1N)C1CC1. The summed E-state index contributed by atoms with van der Waals surface area (Å²) >= 11 is 0. The second-order valence-corrected chi connectivity index (χ2v) is 7.38. The number of fused-ring (bicyclic) bond motifs is 2. The third-order valence-electron chi connectivity index (χ3n) is 5.48. The van der Waals surface area contributed by atoms with E-state index in [-0.39, 0.29) is 12.0 Å². The summed E-state index contributed by atoms with van der Waals surface area (Å²) in [6, 6.07) is 0.684. The first kappa shape index (κ1) is 13.4. The van der Waals surface area contributed by atoms with E-state index in [1.54, 1.807) is 0 Å². The molecule has 108 valence electrons. The molecular formula is C16H28N2O. The van der Waals surface area contributed by atoms with Gasteiger partial charge >= 0.3 is 0 Å². The molecule has 4 unspecified atom stereocenters. The maximum Gasteiger partial charge on any atom is 0.227 e. The first-order chi connectivity index (χ1) is 9.08. The van der Waals surface area contributed by atoms with E-state index in [1.165, 1.54) is 32.1 Å². The van der Waals surface area contributed by atoms with Crippen LogP contribution in [0.25, 0.3) is 0 Å². The van der Waals surface area contributed by atoms with Crippen molar-refractivity contribution < 1.29 is 4.79 Å². The molecule has 3 rings (SSSR count). The topological polar surface area (TPSA) is 46.3 Å². The molecule has 3 fully saturated rings. The minimum absolute atomic E-state index is 0.145. The Labute approximate surface area is 116 Å². The van der Waals surface area contributed by atoms with Gasteiger partial charge in [-0.3, -0.25) is 4.79 Å². The summed E-state index contributed by atoms with van der Waals surface area (Å²) in [5.74, 6) is 2.43. The molecule has 19 heavy (non-hydrogen) atoms. The van der Waals surface area contributed by atoms with Gasteiger partial charge in [-0.25, -0.2) is 0 Å². The van der Waals surface area contributed by atoms with Crippen LogP contribution in [-0.2, 0) is 4.79 Å². The monoisotopic (exact) mass is 264 g/mol. The van der Waals surface area contributed by atoms with E-state index in [0.717, 1.165) is 13.0 Å². The third-order valence-corrected chi connectivity index (χ3v) is 5.48. The molecule has 0 radical (unpaired) electrons. The van der Waals surface area contributed by atoms with Crippen LogP contribution in [0, 0.1) is 23.7 Å². The summed E-state index contributed by atoms with van der Waals surface area (Å²) in [4.78, 5) is 15.1. The molecule has 0 aromatic rings. The van der Waals surface area contributed by atoms with Gasteiger partial charge in [0.05, 0.1) is 5.92 Å². The lowest BCUT2D eigenvalue weighted by Gasteiger charge is -2.33. The normalized spacial score (nSPS) is 37.1. The maximum atomic E-state index is 12.9. The van der Waals surface area contributed by atoms with Gasteiger partial charge in [0.1, 0.15) is 0 Å². The van der Waals surface area contributed by atoms with Crippen molar-refractivity contribution in [3.63, 3.8) is 0 Å². The molecule has 2 N–H and O–H groups in total. The van der Waals surface area contributed by atoms with Gasteiger partial charge in [0.15, 0.2) is 0 Å². The third kappa shape index (κ3) is 2.54. The molecule has 0 aromatic carbocycles. The van der Waals surface area contributed by atoms with Gasteiger partial charge in [0.2, 0.25) is 5.91 Å². The van der Waals surface area contributed by atoms with Crippen LogP contribution in [0.15, 0.2) is 0 Å². The zero-order valence-corrected chi connectivity index (χ0v) is 12.3. The average Bonchev–Trinajstić information content (AvgIpc) is 2.99. The number of carbonyl (C=O) groups is 1. The second kappa shape index (κ2) is 5.08. The lowest BCUT2D eigenvalue weighted by molar-refractivity contribution is -0.138. The van der Waals surface area contributed by atoms with Crippen LogP contribution >= 0.6 is 0 Å². The number of hydrogen-bond donors (Lipinski definition) is 1. The van der Waals surface area contributed by atoms with Gasteiger partial charge in [-0.15, -0.1) is 0 Å². The lowest BCUT2D eigenvalue weighted by atomic mass is 9.84. The van der Waals surface area contributed by atoms with E-state index in [1.807, 2.05) is 0 Å². The molecule has 0 spiro atoms. The molecule has 1 amide bonds. The summed E-state index contributed by atoms with van der Waals surface area (Å²) < 4.78 is 0. The number of amides is 1. The van der Waals surface area contributed by atoms with E-state index in [2.05, 4.69) is 18.7 Å². The van der Waals surface area contributed by atoms with Crippen LogP contribution in [0.4, 0.5) is 0 Å². The molecule has 3 heteroatoms. The van der Waals surface area contributed by atoms with Gasteiger partial charge in [0, 0.05) is 18.6 Å². The number of rotatable bonds is 5. The highest BCUT2D eigenvalue weighted by Crippen LogP contribution is 2.48. The fraction of sp³-hybridized carbons (Fsp3) is 0.938. The molecule has 0 saturated heterocycles. The number of nitrogens with two attached hydrogens (primary N) is 1. The van der Waals surface area contributed by atoms with Crippen LogP contribution in [0.5, 0.6) is 0 Å². The van der Waals surface area contributed by atoms with Crippen LogP contribution in [0.1, 0.15) is 52.4 Å².